The van der Waals surface area contributed by atoms with Crippen LogP contribution in [0.4, 0.5) is 0 Å². The number of hydrogen-bond donors (Lipinski definition) is 2. The molecule has 4 nitrogen and oxygen atoms in total. The number of imidazole rings is 1. The minimum Gasteiger partial charge on any atom is -0.354 e. The molecule has 5 heteroatoms. The lowest BCUT2D eigenvalue weighted by Crippen LogP contribution is -2.30. The van der Waals surface area contributed by atoms with Crippen LogP contribution in [0.2, 0.25) is 0 Å². The number of nitrogens with one attached hydrogen (secondary N) is 2. The Morgan fingerprint density at radius 1 is 1.47 bits per heavy atom. The molecule has 0 aliphatic carbocycles. The first-order valence-electron chi connectivity index (χ1n) is 6.43. The second kappa shape index (κ2) is 5.57. The molecule has 0 bridgehead atoms. The summed E-state index contributed by atoms with van der Waals surface area (Å²) in [5.74, 6) is 0.439. The van der Waals surface area contributed by atoms with Crippen LogP contribution in [0, 0.1) is 17.6 Å². The fourth-order valence-electron chi connectivity index (χ4n) is 1.94. The van der Waals surface area contributed by atoms with Crippen LogP contribution in [0.5, 0.6) is 0 Å². The van der Waals surface area contributed by atoms with Crippen molar-refractivity contribution >= 4 is 29.2 Å². The Morgan fingerprint density at radius 3 is 2.89 bits per heavy atom. The Labute approximate surface area is 117 Å². The number of carbonyl (C=O) groups excluding carboxylic acids is 1. The Morgan fingerprint density at radius 2 is 2.21 bits per heavy atom. The third kappa shape index (κ3) is 3.23. The number of nitrogens with zero attached hydrogens (tertiary/aromatic N) is 1. The SMILES string of the molecule is Cc1ccc2[nH]c(=S)n(CC(=O)NCC(C)C)c2c1. The maximum atomic E-state index is 11.9. The van der Waals surface area contributed by atoms with Gasteiger partial charge < -0.3 is 14.9 Å². The maximum absolute atomic E-state index is 11.9. The zero-order valence-corrected chi connectivity index (χ0v) is 12.3. The molecule has 0 saturated heterocycles. The van der Waals surface area contributed by atoms with E-state index in [0.29, 0.717) is 17.2 Å². The van der Waals surface area contributed by atoms with E-state index in [0.717, 1.165) is 16.6 Å². The van der Waals surface area contributed by atoms with Crippen LogP contribution in [-0.2, 0) is 11.3 Å². The van der Waals surface area contributed by atoms with Crippen molar-refractivity contribution in [3.8, 4) is 0 Å². The zero-order chi connectivity index (χ0) is 14.0. The summed E-state index contributed by atoms with van der Waals surface area (Å²) >= 11 is 5.28. The second-order valence-corrected chi connectivity index (χ2v) is 5.62. The number of carbonyl (C=O) groups is 1. The zero-order valence-electron chi connectivity index (χ0n) is 11.5. The Balaban J connectivity index is 2.25. The number of aromatic nitrogens is 2. The predicted octanol–water partition coefficient (Wildman–Crippen LogP) is 2.78. The van der Waals surface area contributed by atoms with Crippen molar-refractivity contribution in [2.75, 3.05) is 6.54 Å². The normalized spacial score (nSPS) is 11.2. The van der Waals surface area contributed by atoms with E-state index in [1.165, 1.54) is 0 Å². The van der Waals surface area contributed by atoms with Crippen LogP contribution in [0.3, 0.4) is 0 Å². The third-order valence-electron chi connectivity index (χ3n) is 2.94. The van der Waals surface area contributed by atoms with Crippen molar-refractivity contribution in [1.82, 2.24) is 14.9 Å². The van der Waals surface area contributed by atoms with E-state index in [9.17, 15) is 4.79 Å². The van der Waals surface area contributed by atoms with Gasteiger partial charge >= 0.3 is 0 Å². The Kier molecular flexibility index (Phi) is 4.04. The van der Waals surface area contributed by atoms with Gasteiger partial charge in [0.15, 0.2) is 4.77 Å². The van der Waals surface area contributed by atoms with Gasteiger partial charge in [0, 0.05) is 6.54 Å². The molecule has 1 aromatic heterocycles. The molecule has 2 aromatic rings. The molecule has 1 amide bonds. The van der Waals surface area contributed by atoms with E-state index in [-0.39, 0.29) is 12.5 Å². The second-order valence-electron chi connectivity index (χ2n) is 5.23. The van der Waals surface area contributed by atoms with Crippen molar-refractivity contribution in [2.24, 2.45) is 5.92 Å². The number of aromatic amines is 1. The fourth-order valence-corrected chi connectivity index (χ4v) is 2.21. The number of H-pyrrole nitrogens is 1. The number of aryl methyl sites for hydroxylation is 1. The van der Waals surface area contributed by atoms with E-state index >= 15 is 0 Å². The Bertz CT molecular complexity index is 654. The average Bonchev–Trinajstić information content (AvgIpc) is 2.63. The molecule has 102 valence electrons. The third-order valence-corrected chi connectivity index (χ3v) is 3.26. The summed E-state index contributed by atoms with van der Waals surface area (Å²) in [6.45, 7) is 7.11. The summed E-state index contributed by atoms with van der Waals surface area (Å²) in [5, 5.41) is 2.91. The molecule has 2 rings (SSSR count). The van der Waals surface area contributed by atoms with Gasteiger partial charge in [-0.25, -0.2) is 0 Å². The fraction of sp³-hybridized carbons (Fsp3) is 0.429. The molecule has 1 aromatic carbocycles. The lowest BCUT2D eigenvalue weighted by molar-refractivity contribution is -0.121. The van der Waals surface area contributed by atoms with Gasteiger partial charge in [-0.1, -0.05) is 19.9 Å². The van der Waals surface area contributed by atoms with Crippen LogP contribution in [-0.4, -0.2) is 22.0 Å². The molecule has 0 atom stereocenters. The summed E-state index contributed by atoms with van der Waals surface area (Å²) in [6, 6.07) is 6.05. The molecule has 0 spiro atoms. The lowest BCUT2D eigenvalue weighted by Gasteiger charge is -2.09. The molecule has 19 heavy (non-hydrogen) atoms. The van der Waals surface area contributed by atoms with E-state index in [2.05, 4.69) is 24.1 Å². The van der Waals surface area contributed by atoms with Gasteiger partial charge in [-0.2, -0.15) is 0 Å². The van der Waals surface area contributed by atoms with Gasteiger partial charge in [-0.3, -0.25) is 4.79 Å². The molecular formula is C14H19N3OS. The minimum absolute atomic E-state index is 0.00722. The average molecular weight is 277 g/mol. The highest BCUT2D eigenvalue weighted by molar-refractivity contribution is 7.71. The molecular weight excluding hydrogens is 258 g/mol. The summed E-state index contributed by atoms with van der Waals surface area (Å²) in [5.41, 5.74) is 3.09. The maximum Gasteiger partial charge on any atom is 0.240 e. The molecule has 0 fully saturated rings. The van der Waals surface area contributed by atoms with E-state index in [1.807, 2.05) is 29.7 Å². The standard InChI is InChI=1S/C14H19N3OS/c1-9(2)7-15-13(18)8-17-12-6-10(3)4-5-11(12)16-14(17)19/h4-6,9H,7-8H2,1-3H3,(H,15,18)(H,16,19). The molecule has 0 aliphatic rings. The smallest absolute Gasteiger partial charge is 0.240 e. The van der Waals surface area contributed by atoms with Gasteiger partial charge in [0.25, 0.3) is 0 Å². The number of benzene rings is 1. The number of fused-ring (bicyclic) bond motifs is 1. The van der Waals surface area contributed by atoms with Crippen molar-refractivity contribution in [3.05, 3.63) is 28.5 Å². The quantitative estimate of drug-likeness (QED) is 0.844. The summed E-state index contributed by atoms with van der Waals surface area (Å²) in [7, 11) is 0. The Hall–Kier alpha value is -1.62. The summed E-state index contributed by atoms with van der Waals surface area (Å²) < 4.78 is 2.42. The molecule has 0 saturated carbocycles. The predicted molar refractivity (Wildman–Crippen MR) is 79.7 cm³/mol. The van der Waals surface area contributed by atoms with Crippen LogP contribution in [0.25, 0.3) is 11.0 Å². The summed E-state index contributed by atoms with van der Waals surface area (Å²) in [6.07, 6.45) is 0. The molecule has 2 N–H and O–H groups in total. The van der Waals surface area contributed by atoms with Crippen LogP contribution < -0.4 is 5.32 Å². The van der Waals surface area contributed by atoms with Gasteiger partial charge in [0.2, 0.25) is 5.91 Å². The highest BCUT2D eigenvalue weighted by Crippen LogP contribution is 2.15. The topological polar surface area (TPSA) is 49.8 Å². The van der Waals surface area contributed by atoms with Crippen molar-refractivity contribution in [2.45, 2.75) is 27.3 Å². The lowest BCUT2D eigenvalue weighted by atomic mass is 10.2. The number of amides is 1. The monoisotopic (exact) mass is 277 g/mol. The number of hydrogen-bond acceptors (Lipinski definition) is 2. The van der Waals surface area contributed by atoms with Gasteiger partial charge in [0.1, 0.15) is 6.54 Å². The van der Waals surface area contributed by atoms with E-state index in [4.69, 9.17) is 12.2 Å². The van der Waals surface area contributed by atoms with Crippen LogP contribution >= 0.6 is 12.2 Å². The van der Waals surface area contributed by atoms with Crippen molar-refractivity contribution < 1.29 is 4.79 Å². The van der Waals surface area contributed by atoms with Gasteiger partial charge in [-0.05, 0) is 42.8 Å². The largest absolute Gasteiger partial charge is 0.354 e. The molecule has 1 heterocycles. The first kappa shape index (κ1) is 13.8. The van der Waals surface area contributed by atoms with Crippen molar-refractivity contribution in [3.63, 3.8) is 0 Å². The minimum atomic E-state index is -0.00722. The van der Waals surface area contributed by atoms with Gasteiger partial charge in [-0.15, -0.1) is 0 Å². The van der Waals surface area contributed by atoms with Crippen LogP contribution in [0.15, 0.2) is 18.2 Å². The van der Waals surface area contributed by atoms with E-state index in [1.54, 1.807) is 0 Å². The molecule has 0 aliphatic heterocycles. The van der Waals surface area contributed by atoms with Crippen molar-refractivity contribution in [1.29, 1.82) is 0 Å². The first-order chi connectivity index (χ1) is 8.97. The number of rotatable bonds is 4. The summed E-state index contributed by atoms with van der Waals surface area (Å²) in [4.78, 5) is 15.0. The van der Waals surface area contributed by atoms with Gasteiger partial charge in [0.05, 0.1) is 11.0 Å². The van der Waals surface area contributed by atoms with Crippen LogP contribution in [0.1, 0.15) is 19.4 Å². The molecule has 0 radical (unpaired) electrons. The highest BCUT2D eigenvalue weighted by atomic mass is 32.1. The van der Waals surface area contributed by atoms with E-state index < -0.39 is 0 Å². The highest BCUT2D eigenvalue weighted by Gasteiger charge is 2.09. The first-order valence-corrected chi connectivity index (χ1v) is 6.84. The molecule has 0 unspecified atom stereocenters.